The van der Waals surface area contributed by atoms with Gasteiger partial charge in [0.1, 0.15) is 5.69 Å². The van der Waals surface area contributed by atoms with Gasteiger partial charge in [-0.05, 0) is 42.5 Å². The molecular formula is C20H26N4O2. The van der Waals surface area contributed by atoms with Crippen LogP contribution in [0.15, 0.2) is 35.1 Å². The Bertz CT molecular complexity index is 844. The minimum atomic E-state index is -0.259. The quantitative estimate of drug-likeness (QED) is 0.865. The summed E-state index contributed by atoms with van der Waals surface area (Å²) >= 11 is 0. The summed E-state index contributed by atoms with van der Waals surface area (Å²) in [7, 11) is 2.11. The second-order valence-electron chi connectivity index (χ2n) is 6.80. The molecule has 1 amide bonds. The molecule has 138 valence electrons. The van der Waals surface area contributed by atoms with Crippen LogP contribution in [0.4, 0.5) is 5.69 Å². The monoisotopic (exact) mass is 354 g/mol. The first-order chi connectivity index (χ1) is 12.6. The van der Waals surface area contributed by atoms with E-state index in [1.807, 2.05) is 0 Å². The van der Waals surface area contributed by atoms with Crippen LogP contribution in [0.5, 0.6) is 0 Å². The van der Waals surface area contributed by atoms with E-state index < -0.39 is 0 Å². The molecule has 0 saturated carbocycles. The summed E-state index contributed by atoms with van der Waals surface area (Å²) in [5.74, 6) is -0.259. The molecule has 6 nitrogen and oxygen atoms in total. The number of hydrogen-bond acceptors (Lipinski definition) is 4. The van der Waals surface area contributed by atoms with Crippen LogP contribution >= 0.6 is 0 Å². The molecule has 0 saturated heterocycles. The number of aryl methyl sites for hydroxylation is 2. The molecule has 3 rings (SSSR count). The Morgan fingerprint density at radius 1 is 1.27 bits per heavy atom. The van der Waals surface area contributed by atoms with Gasteiger partial charge in [-0.25, -0.2) is 4.68 Å². The highest BCUT2D eigenvalue weighted by Gasteiger charge is 2.14. The number of nitrogens with zero attached hydrogens (tertiary/aromatic N) is 3. The third-order valence-electron chi connectivity index (χ3n) is 4.77. The van der Waals surface area contributed by atoms with Crippen LogP contribution in [0.3, 0.4) is 0 Å². The molecule has 0 radical (unpaired) electrons. The molecule has 1 aromatic heterocycles. The fraction of sp³-hybridized carbons (Fsp3) is 0.450. The SMILES string of the molecule is CCCCn1nc(C(=O)NCc2ccc3c(c2)CCCN3C)ccc1=O. The first-order valence-electron chi connectivity index (χ1n) is 9.28. The highest BCUT2D eigenvalue weighted by molar-refractivity contribution is 5.91. The summed E-state index contributed by atoms with van der Waals surface area (Å²) in [6.45, 7) is 4.13. The molecule has 1 aliphatic rings. The Balaban J connectivity index is 1.66. The summed E-state index contributed by atoms with van der Waals surface area (Å²) in [4.78, 5) is 26.5. The van der Waals surface area contributed by atoms with Crippen molar-refractivity contribution in [3.05, 3.63) is 57.5 Å². The number of benzene rings is 1. The van der Waals surface area contributed by atoms with E-state index in [1.165, 1.54) is 28.1 Å². The van der Waals surface area contributed by atoms with Crippen LogP contribution in [0.1, 0.15) is 47.8 Å². The molecule has 0 aliphatic carbocycles. The van der Waals surface area contributed by atoms with Gasteiger partial charge in [-0.2, -0.15) is 5.10 Å². The van der Waals surface area contributed by atoms with Gasteiger partial charge in [0.25, 0.3) is 11.5 Å². The fourth-order valence-corrected chi connectivity index (χ4v) is 3.26. The molecule has 0 fully saturated rings. The van der Waals surface area contributed by atoms with E-state index in [0.29, 0.717) is 13.1 Å². The van der Waals surface area contributed by atoms with Crippen LogP contribution in [-0.4, -0.2) is 29.3 Å². The summed E-state index contributed by atoms with van der Waals surface area (Å²) in [5, 5.41) is 7.09. The molecule has 1 N–H and O–H groups in total. The van der Waals surface area contributed by atoms with Crippen molar-refractivity contribution in [3.63, 3.8) is 0 Å². The largest absolute Gasteiger partial charge is 0.374 e. The third kappa shape index (κ3) is 4.12. The van der Waals surface area contributed by atoms with Crippen molar-refractivity contribution in [1.82, 2.24) is 15.1 Å². The highest BCUT2D eigenvalue weighted by Crippen LogP contribution is 2.26. The molecule has 6 heteroatoms. The predicted octanol–water partition coefficient (Wildman–Crippen LogP) is 2.36. The van der Waals surface area contributed by atoms with Gasteiger partial charge in [0.2, 0.25) is 0 Å². The number of hydrogen-bond donors (Lipinski definition) is 1. The van der Waals surface area contributed by atoms with E-state index in [-0.39, 0.29) is 17.2 Å². The van der Waals surface area contributed by atoms with Gasteiger partial charge in [-0.15, -0.1) is 0 Å². The zero-order chi connectivity index (χ0) is 18.5. The molecule has 0 unspecified atom stereocenters. The number of unbranched alkanes of at least 4 members (excludes halogenated alkanes) is 1. The van der Waals surface area contributed by atoms with Crippen molar-refractivity contribution in [3.8, 4) is 0 Å². The maximum atomic E-state index is 12.4. The Hall–Kier alpha value is -2.63. The zero-order valence-corrected chi connectivity index (χ0v) is 15.5. The van der Waals surface area contributed by atoms with Gasteiger partial charge in [0.05, 0.1) is 0 Å². The number of carbonyl (C=O) groups is 1. The second kappa shape index (κ2) is 8.17. The maximum absolute atomic E-state index is 12.4. The van der Waals surface area contributed by atoms with Crippen molar-refractivity contribution in [1.29, 1.82) is 0 Å². The van der Waals surface area contributed by atoms with Gasteiger partial charge in [0, 0.05) is 38.4 Å². The van der Waals surface area contributed by atoms with Gasteiger partial charge >= 0.3 is 0 Å². The predicted molar refractivity (Wildman–Crippen MR) is 103 cm³/mol. The molecule has 1 aromatic carbocycles. The Morgan fingerprint density at radius 2 is 2.12 bits per heavy atom. The lowest BCUT2D eigenvalue weighted by Crippen LogP contribution is -2.29. The lowest BCUT2D eigenvalue weighted by atomic mass is 9.99. The lowest BCUT2D eigenvalue weighted by Gasteiger charge is -2.27. The fourth-order valence-electron chi connectivity index (χ4n) is 3.26. The Labute approximate surface area is 153 Å². The van der Waals surface area contributed by atoms with Crippen molar-refractivity contribution in [2.45, 2.75) is 45.7 Å². The molecule has 0 atom stereocenters. The number of amides is 1. The molecule has 2 heterocycles. The van der Waals surface area contributed by atoms with E-state index in [1.54, 1.807) is 0 Å². The number of anilines is 1. The average molecular weight is 354 g/mol. The number of carbonyl (C=O) groups excluding carboxylic acids is 1. The van der Waals surface area contributed by atoms with E-state index >= 15 is 0 Å². The smallest absolute Gasteiger partial charge is 0.271 e. The Kier molecular flexibility index (Phi) is 5.71. The molecule has 0 spiro atoms. The van der Waals surface area contributed by atoms with Crippen LogP contribution in [-0.2, 0) is 19.5 Å². The standard InChI is InChI=1S/C20H26N4O2/c1-3-4-12-24-19(25)10-8-17(22-24)20(26)21-14-15-7-9-18-16(13-15)6-5-11-23(18)2/h7-10,13H,3-6,11-12,14H2,1-2H3,(H,21,26). The molecular weight excluding hydrogens is 328 g/mol. The van der Waals surface area contributed by atoms with Gasteiger partial charge < -0.3 is 10.2 Å². The normalized spacial score (nSPS) is 13.4. The van der Waals surface area contributed by atoms with Gasteiger partial charge in [0.15, 0.2) is 0 Å². The van der Waals surface area contributed by atoms with Crippen LogP contribution in [0.2, 0.25) is 0 Å². The minimum absolute atomic E-state index is 0.172. The zero-order valence-electron chi connectivity index (χ0n) is 15.5. The van der Waals surface area contributed by atoms with E-state index in [2.05, 4.69) is 47.5 Å². The first kappa shape index (κ1) is 18.2. The summed E-state index contributed by atoms with van der Waals surface area (Å²) in [5.41, 5.74) is 3.78. The van der Waals surface area contributed by atoms with Crippen LogP contribution in [0, 0.1) is 0 Å². The third-order valence-corrected chi connectivity index (χ3v) is 4.77. The maximum Gasteiger partial charge on any atom is 0.271 e. The van der Waals surface area contributed by atoms with E-state index in [0.717, 1.165) is 37.8 Å². The summed E-state index contributed by atoms with van der Waals surface area (Å²) in [6, 6.07) is 9.24. The summed E-state index contributed by atoms with van der Waals surface area (Å²) < 4.78 is 1.37. The van der Waals surface area contributed by atoms with Crippen molar-refractivity contribution in [2.75, 3.05) is 18.5 Å². The molecule has 2 aromatic rings. The van der Waals surface area contributed by atoms with Gasteiger partial charge in [-0.3, -0.25) is 9.59 Å². The highest BCUT2D eigenvalue weighted by atomic mass is 16.2. The number of rotatable bonds is 6. The summed E-state index contributed by atoms with van der Waals surface area (Å²) in [6.07, 6.45) is 4.06. The van der Waals surface area contributed by atoms with Crippen LogP contribution < -0.4 is 15.8 Å². The van der Waals surface area contributed by atoms with Crippen molar-refractivity contribution >= 4 is 11.6 Å². The van der Waals surface area contributed by atoms with E-state index in [9.17, 15) is 9.59 Å². The van der Waals surface area contributed by atoms with Crippen molar-refractivity contribution < 1.29 is 4.79 Å². The lowest BCUT2D eigenvalue weighted by molar-refractivity contribution is 0.0943. The van der Waals surface area contributed by atoms with E-state index in [4.69, 9.17) is 0 Å². The number of aromatic nitrogens is 2. The van der Waals surface area contributed by atoms with Crippen molar-refractivity contribution in [2.24, 2.45) is 0 Å². The molecule has 26 heavy (non-hydrogen) atoms. The second-order valence-corrected chi connectivity index (χ2v) is 6.80. The first-order valence-corrected chi connectivity index (χ1v) is 9.28. The van der Waals surface area contributed by atoms with Gasteiger partial charge in [-0.1, -0.05) is 25.5 Å². The molecule has 1 aliphatic heterocycles. The Morgan fingerprint density at radius 3 is 2.92 bits per heavy atom. The molecule has 0 bridgehead atoms. The number of fused-ring (bicyclic) bond motifs is 1. The van der Waals surface area contributed by atoms with Crippen LogP contribution in [0.25, 0.3) is 0 Å². The number of nitrogens with one attached hydrogen (secondary N) is 1. The minimum Gasteiger partial charge on any atom is -0.374 e. The topological polar surface area (TPSA) is 67.2 Å². The average Bonchev–Trinajstić information content (AvgIpc) is 2.65.